The zero-order valence-corrected chi connectivity index (χ0v) is 15.9. The van der Waals surface area contributed by atoms with Crippen LogP contribution >= 0.6 is 23.4 Å². The third kappa shape index (κ3) is 4.14. The molecule has 25 heavy (non-hydrogen) atoms. The lowest BCUT2D eigenvalue weighted by molar-refractivity contribution is -0.115. The van der Waals surface area contributed by atoms with Gasteiger partial charge in [-0.1, -0.05) is 55.8 Å². The Hall–Kier alpha value is -2.04. The zero-order chi connectivity index (χ0) is 18.0. The van der Waals surface area contributed by atoms with Crippen LogP contribution in [-0.4, -0.2) is 11.1 Å². The molecule has 0 unspecified atom stereocenters. The van der Waals surface area contributed by atoms with Gasteiger partial charge in [0, 0.05) is 5.02 Å². The SMILES string of the molecule is Cc1c(Cl)cccc1N=C1NC(=O)/C(=C\c2ccc(C(C)C)cc2)S1. The van der Waals surface area contributed by atoms with Crippen molar-refractivity contribution in [2.75, 3.05) is 0 Å². The molecule has 0 aromatic heterocycles. The van der Waals surface area contributed by atoms with E-state index in [-0.39, 0.29) is 5.91 Å². The highest BCUT2D eigenvalue weighted by Gasteiger charge is 2.24. The van der Waals surface area contributed by atoms with Crippen LogP contribution in [0.2, 0.25) is 5.02 Å². The first kappa shape index (κ1) is 17.8. The normalized spacial score (nSPS) is 17.6. The van der Waals surface area contributed by atoms with E-state index in [9.17, 15) is 4.79 Å². The standard InChI is InChI=1S/C20H19ClN2OS/c1-12(2)15-9-7-14(8-10-15)11-18-19(24)23-20(25-18)22-17-6-4-5-16(21)13(17)3/h4-12H,1-3H3,(H,22,23,24)/b18-11+. The van der Waals surface area contributed by atoms with Crippen molar-refractivity contribution in [1.82, 2.24) is 5.32 Å². The number of amidine groups is 1. The van der Waals surface area contributed by atoms with Gasteiger partial charge in [0.25, 0.3) is 5.91 Å². The number of amides is 1. The van der Waals surface area contributed by atoms with E-state index in [1.165, 1.54) is 17.3 Å². The summed E-state index contributed by atoms with van der Waals surface area (Å²) < 4.78 is 0. The van der Waals surface area contributed by atoms with Gasteiger partial charge in [0.05, 0.1) is 10.6 Å². The number of aliphatic imine (C=N–C) groups is 1. The summed E-state index contributed by atoms with van der Waals surface area (Å²) in [6.45, 7) is 6.23. The molecular formula is C20H19ClN2OS. The number of carbonyl (C=O) groups excluding carboxylic acids is 1. The van der Waals surface area contributed by atoms with Crippen molar-refractivity contribution in [3.05, 3.63) is 69.1 Å². The Kier molecular flexibility index (Phi) is 5.30. The van der Waals surface area contributed by atoms with Crippen molar-refractivity contribution in [3.8, 4) is 0 Å². The van der Waals surface area contributed by atoms with Crippen LogP contribution < -0.4 is 5.32 Å². The lowest BCUT2D eigenvalue weighted by Gasteiger charge is -2.04. The predicted octanol–water partition coefficient (Wildman–Crippen LogP) is 5.66. The number of benzene rings is 2. The van der Waals surface area contributed by atoms with Crippen molar-refractivity contribution in [2.45, 2.75) is 26.7 Å². The minimum absolute atomic E-state index is 0.128. The highest BCUT2D eigenvalue weighted by molar-refractivity contribution is 8.18. The molecule has 1 aliphatic rings. The molecule has 1 N–H and O–H groups in total. The first-order valence-corrected chi connectivity index (χ1v) is 9.28. The molecule has 0 spiro atoms. The third-order valence-electron chi connectivity index (χ3n) is 4.01. The number of rotatable bonds is 3. The fourth-order valence-electron chi connectivity index (χ4n) is 2.44. The van der Waals surface area contributed by atoms with Crippen molar-refractivity contribution in [3.63, 3.8) is 0 Å². The number of carbonyl (C=O) groups is 1. The molecular weight excluding hydrogens is 352 g/mol. The fourth-order valence-corrected chi connectivity index (χ4v) is 3.44. The molecule has 3 rings (SSSR count). The first-order valence-electron chi connectivity index (χ1n) is 8.08. The number of nitrogens with one attached hydrogen (secondary N) is 1. The minimum atomic E-state index is -0.128. The molecule has 0 aliphatic carbocycles. The van der Waals surface area contributed by atoms with E-state index in [2.05, 4.69) is 36.3 Å². The Bertz CT molecular complexity index is 870. The molecule has 1 fully saturated rings. The average Bonchev–Trinajstić information content (AvgIpc) is 2.92. The summed E-state index contributed by atoms with van der Waals surface area (Å²) in [7, 11) is 0. The van der Waals surface area contributed by atoms with Crippen LogP contribution in [0.1, 0.15) is 36.5 Å². The van der Waals surface area contributed by atoms with E-state index in [0.29, 0.717) is 21.0 Å². The second-order valence-electron chi connectivity index (χ2n) is 6.19. The van der Waals surface area contributed by atoms with Crippen molar-refractivity contribution < 1.29 is 4.79 Å². The Morgan fingerprint density at radius 2 is 1.88 bits per heavy atom. The highest BCUT2D eigenvalue weighted by Crippen LogP contribution is 2.31. The number of hydrogen-bond donors (Lipinski definition) is 1. The van der Waals surface area contributed by atoms with Crippen LogP contribution in [-0.2, 0) is 4.79 Å². The fraction of sp³-hybridized carbons (Fsp3) is 0.200. The summed E-state index contributed by atoms with van der Waals surface area (Å²) in [5.74, 6) is 0.363. The van der Waals surface area contributed by atoms with E-state index < -0.39 is 0 Å². The average molecular weight is 371 g/mol. The van der Waals surface area contributed by atoms with Crippen LogP contribution in [0.25, 0.3) is 6.08 Å². The molecule has 128 valence electrons. The number of thioether (sulfide) groups is 1. The quantitative estimate of drug-likeness (QED) is 0.708. The van der Waals surface area contributed by atoms with Crippen molar-refractivity contribution in [1.29, 1.82) is 0 Å². The van der Waals surface area contributed by atoms with Gasteiger partial charge in [-0.15, -0.1) is 0 Å². The summed E-state index contributed by atoms with van der Waals surface area (Å²) in [4.78, 5) is 17.4. The van der Waals surface area contributed by atoms with Crippen molar-refractivity contribution >= 4 is 46.2 Å². The Morgan fingerprint density at radius 3 is 2.56 bits per heavy atom. The Balaban J connectivity index is 1.82. The maximum atomic E-state index is 12.2. The molecule has 3 nitrogen and oxygen atoms in total. The summed E-state index contributed by atoms with van der Waals surface area (Å²) in [6.07, 6.45) is 1.89. The smallest absolute Gasteiger partial charge is 0.264 e. The molecule has 2 aromatic carbocycles. The van der Waals surface area contributed by atoms with E-state index in [4.69, 9.17) is 11.6 Å². The maximum Gasteiger partial charge on any atom is 0.264 e. The van der Waals surface area contributed by atoms with E-state index in [0.717, 1.165) is 16.8 Å². The highest BCUT2D eigenvalue weighted by atomic mass is 35.5. The zero-order valence-electron chi connectivity index (χ0n) is 14.3. The molecule has 5 heteroatoms. The van der Waals surface area contributed by atoms with Gasteiger partial charge in [0.2, 0.25) is 0 Å². The minimum Gasteiger partial charge on any atom is -0.300 e. The monoisotopic (exact) mass is 370 g/mol. The van der Waals surface area contributed by atoms with Gasteiger partial charge in [-0.25, -0.2) is 4.99 Å². The van der Waals surface area contributed by atoms with E-state index in [1.54, 1.807) is 0 Å². The second kappa shape index (κ2) is 7.46. The summed E-state index contributed by atoms with van der Waals surface area (Å²) in [6, 6.07) is 13.8. The van der Waals surface area contributed by atoms with Gasteiger partial charge in [0.15, 0.2) is 5.17 Å². The Morgan fingerprint density at radius 1 is 1.16 bits per heavy atom. The summed E-state index contributed by atoms with van der Waals surface area (Å²) in [5.41, 5.74) is 3.94. The molecule has 0 bridgehead atoms. The molecule has 0 atom stereocenters. The van der Waals surface area contributed by atoms with Gasteiger partial charge in [0.1, 0.15) is 0 Å². The molecule has 1 aliphatic heterocycles. The van der Waals surface area contributed by atoms with Crippen LogP contribution in [0.15, 0.2) is 52.4 Å². The van der Waals surface area contributed by atoms with Crippen LogP contribution in [0, 0.1) is 6.92 Å². The molecule has 1 heterocycles. The van der Waals surface area contributed by atoms with Crippen LogP contribution in [0.5, 0.6) is 0 Å². The second-order valence-corrected chi connectivity index (χ2v) is 7.62. The predicted molar refractivity (Wildman–Crippen MR) is 108 cm³/mol. The number of halogens is 1. The summed E-state index contributed by atoms with van der Waals surface area (Å²) >= 11 is 7.46. The molecule has 0 radical (unpaired) electrons. The van der Waals surface area contributed by atoms with Crippen molar-refractivity contribution in [2.24, 2.45) is 4.99 Å². The van der Waals surface area contributed by atoms with Gasteiger partial charge < -0.3 is 5.32 Å². The topological polar surface area (TPSA) is 41.5 Å². The lowest BCUT2D eigenvalue weighted by Crippen LogP contribution is -2.19. The molecule has 0 saturated carbocycles. The first-order chi connectivity index (χ1) is 11.9. The molecule has 2 aromatic rings. The largest absolute Gasteiger partial charge is 0.300 e. The third-order valence-corrected chi connectivity index (χ3v) is 5.33. The van der Waals surface area contributed by atoms with Crippen LogP contribution in [0.4, 0.5) is 5.69 Å². The molecule has 1 saturated heterocycles. The maximum absolute atomic E-state index is 12.2. The van der Waals surface area contributed by atoms with Gasteiger partial charge in [-0.2, -0.15) is 0 Å². The number of hydrogen-bond acceptors (Lipinski definition) is 3. The van der Waals surface area contributed by atoms with E-state index >= 15 is 0 Å². The van der Waals surface area contributed by atoms with Gasteiger partial charge >= 0.3 is 0 Å². The van der Waals surface area contributed by atoms with Gasteiger partial charge in [-0.3, -0.25) is 4.79 Å². The summed E-state index contributed by atoms with van der Waals surface area (Å²) in [5, 5.41) is 4.05. The Labute approximate surface area is 157 Å². The number of nitrogens with zero attached hydrogens (tertiary/aromatic N) is 1. The van der Waals surface area contributed by atoms with E-state index in [1.807, 2.05) is 43.3 Å². The van der Waals surface area contributed by atoms with Gasteiger partial charge in [-0.05, 0) is 59.5 Å². The van der Waals surface area contributed by atoms with Crippen LogP contribution in [0.3, 0.4) is 0 Å². The molecule has 1 amide bonds. The lowest BCUT2D eigenvalue weighted by atomic mass is 10.0.